The Morgan fingerprint density at radius 1 is 1.05 bits per heavy atom. The topological polar surface area (TPSA) is 35.2 Å². The highest BCUT2D eigenvalue weighted by Gasteiger charge is 2.11. The average Bonchev–Trinajstić information content (AvgIpc) is 2.82. The first kappa shape index (κ1) is 12.0. The van der Waals surface area contributed by atoms with Gasteiger partial charge in [0, 0.05) is 5.69 Å². The van der Waals surface area contributed by atoms with Gasteiger partial charge in [0.1, 0.15) is 18.2 Å². The molecule has 0 aromatic heterocycles. The molecule has 19 heavy (non-hydrogen) atoms. The number of anilines is 1. The van der Waals surface area contributed by atoms with Crippen molar-refractivity contribution in [1.29, 1.82) is 0 Å². The van der Waals surface area contributed by atoms with Crippen molar-refractivity contribution in [1.82, 2.24) is 0 Å². The molecule has 0 bridgehead atoms. The average molecular weight is 257 g/mol. The number of hydrogen-bond acceptors (Lipinski definition) is 2. The molecular weight excluding hydrogens is 241 g/mol. The fourth-order valence-electron chi connectivity index (χ4n) is 2.56. The Hall–Kier alpha value is -2.03. The molecule has 0 saturated heterocycles. The second kappa shape index (κ2) is 4.92. The molecule has 2 nitrogen and oxygen atoms in total. The van der Waals surface area contributed by atoms with Crippen LogP contribution in [0, 0.1) is 5.82 Å². The van der Waals surface area contributed by atoms with E-state index < -0.39 is 0 Å². The summed E-state index contributed by atoms with van der Waals surface area (Å²) in [5.41, 5.74) is 9.57. The monoisotopic (exact) mass is 257 g/mol. The highest BCUT2D eigenvalue weighted by Crippen LogP contribution is 2.26. The predicted molar refractivity (Wildman–Crippen MR) is 73.6 cm³/mol. The van der Waals surface area contributed by atoms with Crippen LogP contribution in [0.3, 0.4) is 0 Å². The number of benzene rings is 2. The standard InChI is InChI=1S/C16H16FNO/c17-14-6-11(7-15(18)9-14)10-19-16-5-4-12-2-1-3-13(12)8-16/h4-9H,1-3,10,18H2. The molecular formula is C16H16FNO. The second-order valence-corrected chi connectivity index (χ2v) is 4.97. The van der Waals surface area contributed by atoms with E-state index in [1.807, 2.05) is 6.07 Å². The van der Waals surface area contributed by atoms with Crippen LogP contribution >= 0.6 is 0 Å². The first-order valence-electron chi connectivity index (χ1n) is 6.50. The molecule has 98 valence electrons. The molecule has 3 rings (SSSR count). The summed E-state index contributed by atoms with van der Waals surface area (Å²) < 4.78 is 18.9. The highest BCUT2D eigenvalue weighted by atomic mass is 19.1. The van der Waals surface area contributed by atoms with E-state index in [2.05, 4.69) is 12.1 Å². The van der Waals surface area contributed by atoms with Crippen molar-refractivity contribution in [2.75, 3.05) is 5.73 Å². The molecule has 0 atom stereocenters. The zero-order valence-corrected chi connectivity index (χ0v) is 10.7. The predicted octanol–water partition coefficient (Wildman–Crippen LogP) is 3.48. The summed E-state index contributed by atoms with van der Waals surface area (Å²) in [6.07, 6.45) is 3.51. The highest BCUT2D eigenvalue weighted by molar-refractivity contribution is 5.42. The molecule has 0 heterocycles. The summed E-state index contributed by atoms with van der Waals surface area (Å²) in [6.45, 7) is 0.334. The maximum absolute atomic E-state index is 13.2. The van der Waals surface area contributed by atoms with Crippen molar-refractivity contribution in [3.63, 3.8) is 0 Å². The number of ether oxygens (including phenoxy) is 1. The maximum atomic E-state index is 13.2. The van der Waals surface area contributed by atoms with E-state index in [-0.39, 0.29) is 5.82 Å². The maximum Gasteiger partial charge on any atom is 0.125 e. The number of rotatable bonds is 3. The third-order valence-electron chi connectivity index (χ3n) is 3.46. The molecule has 1 aliphatic carbocycles. The van der Waals surface area contributed by atoms with Crippen LogP contribution in [0.25, 0.3) is 0 Å². The summed E-state index contributed by atoms with van der Waals surface area (Å²) in [6, 6.07) is 10.7. The number of aryl methyl sites for hydroxylation is 2. The van der Waals surface area contributed by atoms with E-state index in [1.165, 1.54) is 29.7 Å². The second-order valence-electron chi connectivity index (χ2n) is 4.97. The molecule has 0 aliphatic heterocycles. The SMILES string of the molecule is Nc1cc(F)cc(COc2ccc3c(c2)CCC3)c1. The van der Waals surface area contributed by atoms with Crippen molar-refractivity contribution < 1.29 is 9.13 Å². The molecule has 2 aromatic carbocycles. The third kappa shape index (κ3) is 2.70. The van der Waals surface area contributed by atoms with Crippen LogP contribution in [0.2, 0.25) is 0 Å². The lowest BCUT2D eigenvalue weighted by Crippen LogP contribution is -1.98. The van der Waals surface area contributed by atoms with Crippen LogP contribution in [-0.4, -0.2) is 0 Å². The minimum Gasteiger partial charge on any atom is -0.489 e. The van der Waals surface area contributed by atoms with Crippen molar-refractivity contribution in [2.45, 2.75) is 25.9 Å². The van der Waals surface area contributed by atoms with Crippen LogP contribution in [-0.2, 0) is 19.4 Å². The van der Waals surface area contributed by atoms with Gasteiger partial charge in [-0.15, -0.1) is 0 Å². The van der Waals surface area contributed by atoms with Gasteiger partial charge in [-0.2, -0.15) is 0 Å². The normalized spacial score (nSPS) is 13.3. The molecule has 0 radical (unpaired) electrons. The van der Waals surface area contributed by atoms with Gasteiger partial charge in [0.25, 0.3) is 0 Å². The Bertz CT molecular complexity index is 589. The minimum absolute atomic E-state index is 0.326. The molecule has 0 saturated carbocycles. The van der Waals surface area contributed by atoms with Gasteiger partial charge in [0.2, 0.25) is 0 Å². The van der Waals surface area contributed by atoms with Gasteiger partial charge in [-0.1, -0.05) is 6.07 Å². The Morgan fingerprint density at radius 3 is 2.74 bits per heavy atom. The quantitative estimate of drug-likeness (QED) is 0.854. The molecule has 0 amide bonds. The number of nitrogen functional groups attached to an aromatic ring is 1. The van der Waals surface area contributed by atoms with Gasteiger partial charge in [0.15, 0.2) is 0 Å². The van der Waals surface area contributed by atoms with Crippen molar-refractivity contribution in [3.05, 3.63) is 58.9 Å². The first-order valence-corrected chi connectivity index (χ1v) is 6.50. The van der Waals surface area contributed by atoms with E-state index in [9.17, 15) is 4.39 Å². The van der Waals surface area contributed by atoms with Crippen LogP contribution in [0.4, 0.5) is 10.1 Å². The lowest BCUT2D eigenvalue weighted by molar-refractivity contribution is 0.305. The van der Waals surface area contributed by atoms with E-state index in [1.54, 1.807) is 6.07 Å². The molecule has 2 aromatic rings. The lowest BCUT2D eigenvalue weighted by atomic mass is 10.1. The lowest BCUT2D eigenvalue weighted by Gasteiger charge is -2.09. The van der Waals surface area contributed by atoms with Gasteiger partial charge in [-0.3, -0.25) is 0 Å². The van der Waals surface area contributed by atoms with Crippen LogP contribution < -0.4 is 10.5 Å². The summed E-state index contributed by atoms with van der Waals surface area (Å²) in [7, 11) is 0. The molecule has 2 N–H and O–H groups in total. The Kier molecular flexibility index (Phi) is 3.11. The molecule has 0 unspecified atom stereocenters. The van der Waals surface area contributed by atoms with Crippen LogP contribution in [0.1, 0.15) is 23.1 Å². The van der Waals surface area contributed by atoms with Crippen molar-refractivity contribution in [3.8, 4) is 5.75 Å². The molecule has 0 spiro atoms. The molecule has 1 aliphatic rings. The zero-order chi connectivity index (χ0) is 13.2. The summed E-state index contributed by atoms with van der Waals surface area (Å²) in [5.74, 6) is 0.510. The minimum atomic E-state index is -0.326. The summed E-state index contributed by atoms with van der Waals surface area (Å²) in [4.78, 5) is 0. The van der Waals surface area contributed by atoms with E-state index in [0.29, 0.717) is 12.3 Å². The fraction of sp³-hybridized carbons (Fsp3) is 0.250. The van der Waals surface area contributed by atoms with Crippen LogP contribution in [0.15, 0.2) is 36.4 Å². The van der Waals surface area contributed by atoms with E-state index >= 15 is 0 Å². The smallest absolute Gasteiger partial charge is 0.125 e. The molecule has 0 fully saturated rings. The third-order valence-corrected chi connectivity index (χ3v) is 3.46. The van der Waals surface area contributed by atoms with Gasteiger partial charge in [0.05, 0.1) is 0 Å². The summed E-state index contributed by atoms with van der Waals surface area (Å²) in [5, 5.41) is 0. The first-order chi connectivity index (χ1) is 9.20. The fourth-order valence-corrected chi connectivity index (χ4v) is 2.56. The number of fused-ring (bicyclic) bond motifs is 1. The largest absolute Gasteiger partial charge is 0.489 e. The van der Waals surface area contributed by atoms with Gasteiger partial charge < -0.3 is 10.5 Å². The Morgan fingerprint density at radius 2 is 1.89 bits per heavy atom. The zero-order valence-electron chi connectivity index (χ0n) is 10.7. The summed E-state index contributed by atoms with van der Waals surface area (Å²) >= 11 is 0. The number of nitrogens with two attached hydrogens (primary N) is 1. The Labute approximate surface area is 112 Å². The van der Waals surface area contributed by atoms with Gasteiger partial charge in [-0.05, 0) is 66.3 Å². The van der Waals surface area contributed by atoms with Crippen LogP contribution in [0.5, 0.6) is 5.75 Å². The van der Waals surface area contributed by atoms with E-state index in [4.69, 9.17) is 10.5 Å². The molecule has 3 heteroatoms. The Balaban J connectivity index is 1.72. The van der Waals surface area contributed by atoms with Crippen molar-refractivity contribution in [2.24, 2.45) is 0 Å². The van der Waals surface area contributed by atoms with Gasteiger partial charge >= 0.3 is 0 Å². The van der Waals surface area contributed by atoms with E-state index in [0.717, 1.165) is 24.2 Å². The van der Waals surface area contributed by atoms with Crippen molar-refractivity contribution >= 4 is 5.69 Å². The number of halogens is 1. The van der Waals surface area contributed by atoms with Gasteiger partial charge in [-0.25, -0.2) is 4.39 Å². The number of hydrogen-bond donors (Lipinski definition) is 1.